The summed E-state index contributed by atoms with van der Waals surface area (Å²) in [4.78, 5) is 26.1. The Morgan fingerprint density at radius 1 is 1.26 bits per heavy atom. The van der Waals surface area contributed by atoms with Gasteiger partial charge in [-0.2, -0.15) is 0 Å². The molecule has 2 saturated carbocycles. The van der Waals surface area contributed by atoms with Crippen LogP contribution in [0.15, 0.2) is 12.1 Å². The van der Waals surface area contributed by atoms with Gasteiger partial charge in [0.25, 0.3) is 0 Å². The van der Waals surface area contributed by atoms with Crippen LogP contribution in [-0.4, -0.2) is 28.6 Å². The molecule has 1 amide bonds. The molecule has 0 aliphatic heterocycles. The highest BCUT2D eigenvalue weighted by Gasteiger charge is 2.48. The van der Waals surface area contributed by atoms with Crippen molar-refractivity contribution >= 4 is 29.2 Å². The summed E-state index contributed by atoms with van der Waals surface area (Å²) in [6, 6.07) is 3.34. The fraction of sp³-hybridized carbons (Fsp3) is 0.524. The number of carboxylic acids is 1. The Morgan fingerprint density at radius 2 is 1.93 bits per heavy atom. The standard InChI is InChI=1S/C21H24ClNO4/c1-3-18(24)23(21(20(25)26)10-5-4-6-11-21)15-12-14(2)19(17(22)13-15)27-16-8-7-9-16/h1,12-13,16H,4-11H2,2H3,(H,25,26). The highest BCUT2D eigenvalue weighted by Crippen LogP contribution is 2.42. The summed E-state index contributed by atoms with van der Waals surface area (Å²) in [5.74, 6) is 0.986. The zero-order valence-electron chi connectivity index (χ0n) is 15.5. The van der Waals surface area contributed by atoms with E-state index in [-0.39, 0.29) is 6.10 Å². The number of benzene rings is 1. The van der Waals surface area contributed by atoms with Crippen molar-refractivity contribution in [1.29, 1.82) is 0 Å². The summed E-state index contributed by atoms with van der Waals surface area (Å²) < 4.78 is 5.96. The van der Waals surface area contributed by atoms with Crippen LogP contribution >= 0.6 is 11.6 Å². The average Bonchev–Trinajstić information content (AvgIpc) is 2.60. The molecular formula is C21H24ClNO4. The minimum Gasteiger partial charge on any atom is -0.489 e. The Balaban J connectivity index is 2.04. The van der Waals surface area contributed by atoms with Crippen molar-refractivity contribution in [3.63, 3.8) is 0 Å². The number of terminal acetylenes is 1. The molecule has 0 radical (unpaired) electrons. The molecule has 1 N–H and O–H groups in total. The molecule has 0 unspecified atom stereocenters. The topological polar surface area (TPSA) is 66.8 Å². The Labute approximate surface area is 164 Å². The van der Waals surface area contributed by atoms with E-state index in [1.54, 1.807) is 12.1 Å². The lowest BCUT2D eigenvalue weighted by Crippen LogP contribution is -2.58. The van der Waals surface area contributed by atoms with Gasteiger partial charge in [-0.15, -0.1) is 6.42 Å². The first-order chi connectivity index (χ1) is 12.9. The van der Waals surface area contributed by atoms with Crippen LogP contribution in [0.25, 0.3) is 0 Å². The molecule has 2 aliphatic carbocycles. The van der Waals surface area contributed by atoms with Gasteiger partial charge in [-0.25, -0.2) is 4.79 Å². The van der Waals surface area contributed by atoms with Crippen LogP contribution in [0.1, 0.15) is 56.9 Å². The SMILES string of the molecule is C#CC(=O)N(c1cc(C)c(OC2CCC2)c(Cl)c1)C1(C(=O)O)CCCCC1. The predicted molar refractivity (Wildman–Crippen MR) is 104 cm³/mol. The first kappa shape index (κ1) is 19.6. The number of ether oxygens (including phenoxy) is 1. The third-order valence-electron chi connectivity index (χ3n) is 5.64. The van der Waals surface area contributed by atoms with Crippen molar-refractivity contribution in [2.24, 2.45) is 0 Å². The minimum absolute atomic E-state index is 0.166. The number of hydrogen-bond donors (Lipinski definition) is 1. The molecule has 144 valence electrons. The van der Waals surface area contributed by atoms with E-state index in [4.69, 9.17) is 22.8 Å². The van der Waals surface area contributed by atoms with Crippen LogP contribution in [-0.2, 0) is 9.59 Å². The smallest absolute Gasteiger partial charge is 0.330 e. The van der Waals surface area contributed by atoms with Gasteiger partial charge in [0, 0.05) is 5.69 Å². The number of aryl methyl sites for hydroxylation is 1. The van der Waals surface area contributed by atoms with Crippen LogP contribution in [0.3, 0.4) is 0 Å². The number of carbonyl (C=O) groups excluding carboxylic acids is 1. The quantitative estimate of drug-likeness (QED) is 0.761. The average molecular weight is 390 g/mol. The van der Waals surface area contributed by atoms with Crippen molar-refractivity contribution in [2.45, 2.75) is 69.9 Å². The van der Waals surface area contributed by atoms with E-state index in [1.807, 2.05) is 6.92 Å². The Bertz CT molecular complexity index is 765. The van der Waals surface area contributed by atoms with Crippen molar-refractivity contribution in [2.75, 3.05) is 4.90 Å². The van der Waals surface area contributed by atoms with Gasteiger partial charge in [-0.05, 0) is 62.6 Å². The molecule has 5 nitrogen and oxygen atoms in total. The zero-order chi connectivity index (χ0) is 19.6. The van der Waals surface area contributed by atoms with Gasteiger partial charge >= 0.3 is 11.9 Å². The maximum Gasteiger partial charge on any atom is 0.330 e. The molecule has 3 rings (SSSR count). The molecule has 0 atom stereocenters. The Morgan fingerprint density at radius 3 is 2.41 bits per heavy atom. The summed E-state index contributed by atoms with van der Waals surface area (Å²) in [5.41, 5.74) is -0.172. The second-order valence-corrected chi connectivity index (χ2v) is 7.83. The summed E-state index contributed by atoms with van der Waals surface area (Å²) in [6.45, 7) is 1.84. The highest BCUT2D eigenvalue weighted by atomic mass is 35.5. The summed E-state index contributed by atoms with van der Waals surface area (Å²) in [7, 11) is 0. The summed E-state index contributed by atoms with van der Waals surface area (Å²) in [5, 5.41) is 10.4. The lowest BCUT2D eigenvalue weighted by atomic mass is 9.79. The number of rotatable bonds is 5. The molecule has 0 heterocycles. The van der Waals surface area contributed by atoms with E-state index >= 15 is 0 Å². The molecule has 0 spiro atoms. The summed E-state index contributed by atoms with van der Waals surface area (Å²) in [6.07, 6.45) is 11.8. The van der Waals surface area contributed by atoms with Crippen LogP contribution in [0.5, 0.6) is 5.75 Å². The van der Waals surface area contributed by atoms with Gasteiger partial charge in [0.1, 0.15) is 11.3 Å². The van der Waals surface area contributed by atoms with Gasteiger partial charge < -0.3 is 9.84 Å². The molecule has 2 fully saturated rings. The lowest BCUT2D eigenvalue weighted by Gasteiger charge is -2.42. The second kappa shape index (κ2) is 7.82. The largest absolute Gasteiger partial charge is 0.489 e. The number of carboxylic acid groups (broad SMARTS) is 1. The first-order valence-electron chi connectivity index (χ1n) is 9.40. The van der Waals surface area contributed by atoms with E-state index in [0.29, 0.717) is 29.3 Å². The number of hydrogen-bond acceptors (Lipinski definition) is 3. The number of halogens is 1. The number of nitrogens with zero attached hydrogens (tertiary/aromatic N) is 1. The molecule has 0 aromatic heterocycles. The first-order valence-corrected chi connectivity index (χ1v) is 9.78. The number of aliphatic carboxylic acids is 1. The van der Waals surface area contributed by atoms with Crippen molar-refractivity contribution < 1.29 is 19.4 Å². The number of amides is 1. The fourth-order valence-electron chi connectivity index (χ4n) is 3.94. The fourth-order valence-corrected chi connectivity index (χ4v) is 4.24. The Hall–Kier alpha value is -2.19. The molecule has 1 aromatic carbocycles. The van der Waals surface area contributed by atoms with Crippen LogP contribution < -0.4 is 9.64 Å². The van der Waals surface area contributed by atoms with Crippen LogP contribution in [0.2, 0.25) is 5.02 Å². The van der Waals surface area contributed by atoms with Gasteiger partial charge in [0.15, 0.2) is 0 Å². The van der Waals surface area contributed by atoms with Crippen molar-refractivity contribution in [3.8, 4) is 18.1 Å². The molecule has 0 bridgehead atoms. The second-order valence-electron chi connectivity index (χ2n) is 7.43. The van der Waals surface area contributed by atoms with Gasteiger partial charge in [0.05, 0.1) is 11.1 Å². The molecule has 27 heavy (non-hydrogen) atoms. The van der Waals surface area contributed by atoms with Gasteiger partial charge in [-0.1, -0.05) is 30.9 Å². The highest BCUT2D eigenvalue weighted by molar-refractivity contribution is 6.32. The van der Waals surface area contributed by atoms with Crippen LogP contribution in [0.4, 0.5) is 5.69 Å². The molecule has 6 heteroatoms. The maximum absolute atomic E-state index is 12.6. The van der Waals surface area contributed by atoms with E-state index < -0.39 is 17.4 Å². The normalized spacial score (nSPS) is 18.9. The monoisotopic (exact) mass is 389 g/mol. The zero-order valence-corrected chi connectivity index (χ0v) is 16.2. The van der Waals surface area contributed by atoms with Gasteiger partial charge in [0.2, 0.25) is 0 Å². The molecule has 0 saturated heterocycles. The third kappa shape index (κ3) is 3.64. The van der Waals surface area contributed by atoms with E-state index in [2.05, 4.69) is 5.92 Å². The number of anilines is 1. The van der Waals surface area contributed by atoms with E-state index in [0.717, 1.165) is 44.1 Å². The summed E-state index contributed by atoms with van der Waals surface area (Å²) >= 11 is 6.45. The predicted octanol–water partition coefficient (Wildman–Crippen LogP) is 4.33. The maximum atomic E-state index is 12.6. The van der Waals surface area contributed by atoms with Crippen molar-refractivity contribution in [1.82, 2.24) is 0 Å². The minimum atomic E-state index is -1.34. The molecule has 1 aromatic rings. The van der Waals surface area contributed by atoms with Crippen LogP contribution in [0, 0.1) is 19.3 Å². The molecule has 2 aliphatic rings. The lowest BCUT2D eigenvalue weighted by molar-refractivity contribution is -0.146. The Kier molecular flexibility index (Phi) is 5.67. The number of carbonyl (C=O) groups is 2. The third-order valence-corrected chi connectivity index (χ3v) is 5.92. The van der Waals surface area contributed by atoms with E-state index in [9.17, 15) is 14.7 Å². The molecular weight excluding hydrogens is 366 g/mol. The van der Waals surface area contributed by atoms with E-state index in [1.165, 1.54) is 4.90 Å². The van der Waals surface area contributed by atoms with Crippen molar-refractivity contribution in [3.05, 3.63) is 22.7 Å². The van der Waals surface area contributed by atoms with Gasteiger partial charge in [-0.3, -0.25) is 9.69 Å².